The molecule has 0 N–H and O–H groups in total. The highest BCUT2D eigenvalue weighted by Crippen LogP contribution is 2.27. The molecule has 2 aromatic carbocycles. The average molecular weight is 430 g/mol. The van der Waals surface area contributed by atoms with Crippen LogP contribution in [0.1, 0.15) is 23.6 Å². The molecule has 162 valence electrons. The molecule has 0 radical (unpaired) electrons. The SMILES string of the molecule is Cc1ccc(C)c(N([C@H](C)C(=O)N2CCN(Cc3ccccc3)CC2)S(C)(=O)=O)c1. The summed E-state index contributed by atoms with van der Waals surface area (Å²) in [5.74, 6) is -0.152. The molecule has 0 spiro atoms. The molecule has 0 bridgehead atoms. The van der Waals surface area contributed by atoms with Crippen molar-refractivity contribution in [2.24, 2.45) is 0 Å². The van der Waals surface area contributed by atoms with Gasteiger partial charge in [-0.2, -0.15) is 0 Å². The number of hydrogen-bond donors (Lipinski definition) is 0. The average Bonchev–Trinajstić information content (AvgIpc) is 2.70. The summed E-state index contributed by atoms with van der Waals surface area (Å²) in [5.41, 5.74) is 3.61. The molecule has 2 aromatic rings. The smallest absolute Gasteiger partial charge is 0.246 e. The fraction of sp³-hybridized carbons (Fsp3) is 0.435. The van der Waals surface area contributed by atoms with Gasteiger partial charge in [-0.25, -0.2) is 8.42 Å². The summed E-state index contributed by atoms with van der Waals surface area (Å²) in [5, 5.41) is 0. The number of anilines is 1. The van der Waals surface area contributed by atoms with Crippen molar-refractivity contribution in [3.05, 3.63) is 65.2 Å². The molecule has 7 heteroatoms. The number of piperazine rings is 1. The third-order valence-corrected chi connectivity index (χ3v) is 6.83. The number of carbonyl (C=O) groups is 1. The van der Waals surface area contributed by atoms with Crippen molar-refractivity contribution < 1.29 is 13.2 Å². The highest BCUT2D eigenvalue weighted by molar-refractivity contribution is 7.92. The van der Waals surface area contributed by atoms with E-state index in [4.69, 9.17) is 0 Å². The van der Waals surface area contributed by atoms with Crippen molar-refractivity contribution >= 4 is 21.6 Å². The molecule has 3 rings (SSSR count). The van der Waals surface area contributed by atoms with Gasteiger partial charge in [0.05, 0.1) is 11.9 Å². The molecule has 1 heterocycles. The fourth-order valence-electron chi connectivity index (χ4n) is 3.96. The van der Waals surface area contributed by atoms with Crippen LogP contribution in [0.2, 0.25) is 0 Å². The Balaban J connectivity index is 1.71. The summed E-state index contributed by atoms with van der Waals surface area (Å²) >= 11 is 0. The second kappa shape index (κ2) is 9.18. The Morgan fingerprint density at radius 3 is 2.27 bits per heavy atom. The Labute approximate surface area is 180 Å². The zero-order chi connectivity index (χ0) is 21.9. The first-order valence-corrected chi connectivity index (χ1v) is 12.1. The maximum atomic E-state index is 13.2. The first-order valence-electron chi connectivity index (χ1n) is 10.3. The van der Waals surface area contributed by atoms with Gasteiger partial charge in [0.25, 0.3) is 0 Å². The third-order valence-electron chi connectivity index (χ3n) is 5.60. The second-order valence-electron chi connectivity index (χ2n) is 8.11. The lowest BCUT2D eigenvalue weighted by atomic mass is 10.1. The van der Waals surface area contributed by atoms with Gasteiger partial charge in [-0.15, -0.1) is 0 Å². The van der Waals surface area contributed by atoms with Gasteiger partial charge in [0.1, 0.15) is 6.04 Å². The Morgan fingerprint density at radius 1 is 1.03 bits per heavy atom. The molecular weight excluding hydrogens is 398 g/mol. The summed E-state index contributed by atoms with van der Waals surface area (Å²) in [7, 11) is -3.62. The van der Waals surface area contributed by atoms with E-state index in [0.29, 0.717) is 18.8 Å². The van der Waals surface area contributed by atoms with Gasteiger partial charge < -0.3 is 4.90 Å². The van der Waals surface area contributed by atoms with Gasteiger partial charge in [0.2, 0.25) is 15.9 Å². The van der Waals surface area contributed by atoms with Gasteiger partial charge >= 0.3 is 0 Å². The predicted octanol–water partition coefficient (Wildman–Crippen LogP) is 2.80. The molecule has 0 saturated carbocycles. The molecule has 0 aliphatic carbocycles. The lowest BCUT2D eigenvalue weighted by molar-refractivity contribution is -0.133. The molecular formula is C23H31N3O3S. The number of nitrogens with zero attached hydrogens (tertiary/aromatic N) is 3. The number of hydrogen-bond acceptors (Lipinski definition) is 4. The number of aryl methyl sites for hydroxylation is 2. The summed E-state index contributed by atoms with van der Waals surface area (Å²) in [6.07, 6.45) is 1.16. The van der Waals surface area contributed by atoms with Crippen molar-refractivity contribution in [1.29, 1.82) is 0 Å². The predicted molar refractivity (Wildman–Crippen MR) is 121 cm³/mol. The molecule has 1 aliphatic heterocycles. The van der Waals surface area contributed by atoms with E-state index < -0.39 is 16.1 Å². The first kappa shape index (κ1) is 22.3. The Morgan fingerprint density at radius 2 is 1.67 bits per heavy atom. The molecule has 6 nitrogen and oxygen atoms in total. The van der Waals surface area contributed by atoms with Crippen LogP contribution in [0.5, 0.6) is 0 Å². The Hall–Kier alpha value is -2.38. The van der Waals surface area contributed by atoms with Gasteiger partial charge in [0.15, 0.2) is 0 Å². The zero-order valence-electron chi connectivity index (χ0n) is 18.2. The van der Waals surface area contributed by atoms with Gasteiger partial charge in [-0.3, -0.25) is 14.0 Å². The molecule has 1 amide bonds. The van der Waals surface area contributed by atoms with Crippen LogP contribution < -0.4 is 4.31 Å². The fourth-order valence-corrected chi connectivity index (χ4v) is 5.18. The van der Waals surface area contributed by atoms with Crippen molar-refractivity contribution in [3.63, 3.8) is 0 Å². The minimum absolute atomic E-state index is 0.152. The monoisotopic (exact) mass is 429 g/mol. The summed E-state index contributed by atoms with van der Waals surface area (Å²) < 4.78 is 26.5. The molecule has 1 aliphatic rings. The van der Waals surface area contributed by atoms with E-state index in [1.54, 1.807) is 11.8 Å². The van der Waals surface area contributed by atoms with E-state index in [1.165, 1.54) is 9.87 Å². The van der Waals surface area contributed by atoms with E-state index >= 15 is 0 Å². The zero-order valence-corrected chi connectivity index (χ0v) is 19.0. The Bertz CT molecular complexity index is 984. The minimum atomic E-state index is -3.62. The van der Waals surface area contributed by atoms with Crippen LogP contribution in [-0.2, 0) is 21.4 Å². The number of sulfonamides is 1. The topological polar surface area (TPSA) is 60.9 Å². The van der Waals surface area contributed by atoms with Crippen molar-refractivity contribution in [3.8, 4) is 0 Å². The molecule has 0 unspecified atom stereocenters. The lowest BCUT2D eigenvalue weighted by Crippen LogP contribution is -2.55. The van der Waals surface area contributed by atoms with Crippen molar-refractivity contribution in [2.45, 2.75) is 33.4 Å². The van der Waals surface area contributed by atoms with E-state index in [0.717, 1.165) is 37.0 Å². The molecule has 1 atom stereocenters. The summed E-state index contributed by atoms with van der Waals surface area (Å²) in [6, 6.07) is 15.2. The normalized spacial score (nSPS) is 16.3. The Kier molecular flexibility index (Phi) is 6.83. The summed E-state index contributed by atoms with van der Waals surface area (Å²) in [4.78, 5) is 17.3. The standard InChI is InChI=1S/C23H31N3O3S/c1-18-10-11-19(2)22(16-18)26(30(4,28)29)20(3)23(27)25-14-12-24(13-15-25)17-21-8-6-5-7-9-21/h5-11,16,20H,12-15,17H2,1-4H3/t20-/m1/s1. The molecule has 0 aromatic heterocycles. The van der Waals surface area contributed by atoms with Crippen LogP contribution in [-0.4, -0.2) is 62.6 Å². The maximum Gasteiger partial charge on any atom is 0.246 e. The number of benzene rings is 2. The van der Waals surface area contributed by atoms with E-state index in [-0.39, 0.29) is 5.91 Å². The van der Waals surface area contributed by atoms with Crippen LogP contribution >= 0.6 is 0 Å². The summed E-state index contributed by atoms with van der Waals surface area (Å²) in [6.45, 7) is 9.07. The lowest BCUT2D eigenvalue weighted by Gasteiger charge is -2.38. The van der Waals surface area contributed by atoms with Gasteiger partial charge in [-0.05, 0) is 43.5 Å². The van der Waals surface area contributed by atoms with Crippen LogP contribution in [0.25, 0.3) is 0 Å². The molecule has 1 fully saturated rings. The second-order valence-corrected chi connectivity index (χ2v) is 9.97. The number of rotatable bonds is 6. The van der Waals surface area contributed by atoms with Crippen molar-refractivity contribution in [1.82, 2.24) is 9.80 Å². The van der Waals surface area contributed by atoms with E-state index in [1.807, 2.05) is 50.2 Å². The highest BCUT2D eigenvalue weighted by Gasteiger charge is 2.34. The molecule has 1 saturated heterocycles. The highest BCUT2D eigenvalue weighted by atomic mass is 32.2. The largest absolute Gasteiger partial charge is 0.338 e. The minimum Gasteiger partial charge on any atom is -0.338 e. The first-order chi connectivity index (χ1) is 14.2. The maximum absolute atomic E-state index is 13.2. The van der Waals surface area contributed by atoms with Crippen LogP contribution in [0.4, 0.5) is 5.69 Å². The van der Waals surface area contributed by atoms with Crippen LogP contribution in [0.15, 0.2) is 48.5 Å². The van der Waals surface area contributed by atoms with Gasteiger partial charge in [-0.1, -0.05) is 42.5 Å². The van der Waals surface area contributed by atoms with Gasteiger partial charge in [0, 0.05) is 32.7 Å². The van der Waals surface area contributed by atoms with Crippen LogP contribution in [0, 0.1) is 13.8 Å². The number of amides is 1. The van der Waals surface area contributed by atoms with Crippen LogP contribution in [0.3, 0.4) is 0 Å². The van der Waals surface area contributed by atoms with E-state index in [2.05, 4.69) is 17.0 Å². The van der Waals surface area contributed by atoms with Crippen molar-refractivity contribution in [2.75, 3.05) is 36.7 Å². The number of carbonyl (C=O) groups excluding carboxylic acids is 1. The molecule has 30 heavy (non-hydrogen) atoms. The third kappa shape index (κ3) is 5.21. The van der Waals surface area contributed by atoms with E-state index in [9.17, 15) is 13.2 Å². The quantitative estimate of drug-likeness (QED) is 0.709.